The van der Waals surface area contributed by atoms with Crippen molar-refractivity contribution in [2.45, 2.75) is 6.54 Å². The van der Waals surface area contributed by atoms with Gasteiger partial charge in [0.1, 0.15) is 10.8 Å². The molecule has 8 heteroatoms. The fourth-order valence-electron chi connectivity index (χ4n) is 1.80. The summed E-state index contributed by atoms with van der Waals surface area (Å²) in [6.45, 7) is 1.55. The predicted octanol–water partition coefficient (Wildman–Crippen LogP) is 2.66. The van der Waals surface area contributed by atoms with Gasteiger partial charge in [-0.05, 0) is 29.9 Å². The number of benzene rings is 1. The van der Waals surface area contributed by atoms with Crippen LogP contribution in [0, 0.1) is 5.82 Å². The Hall–Kier alpha value is -1.70. The van der Waals surface area contributed by atoms with Gasteiger partial charge in [0.2, 0.25) is 0 Å². The van der Waals surface area contributed by atoms with E-state index in [1.807, 2.05) is 6.07 Å². The molecule has 0 saturated carbocycles. The van der Waals surface area contributed by atoms with Gasteiger partial charge in [-0.3, -0.25) is 4.68 Å². The second-order valence-electron chi connectivity index (χ2n) is 4.53. The molecule has 0 spiro atoms. The van der Waals surface area contributed by atoms with E-state index < -0.39 is 0 Å². The molecule has 0 radical (unpaired) electrons. The molecule has 0 aliphatic carbocycles. The molecule has 1 aromatic carbocycles. The highest BCUT2D eigenvalue weighted by atomic mass is 35.5. The minimum absolute atomic E-state index is 0.280. The number of nitrogens with one attached hydrogen (secondary N) is 2. The molecule has 0 aliphatic heterocycles. The summed E-state index contributed by atoms with van der Waals surface area (Å²) < 4.78 is 19.7. The van der Waals surface area contributed by atoms with Gasteiger partial charge in [-0.15, -0.1) is 0 Å². The van der Waals surface area contributed by atoms with Gasteiger partial charge in [0.25, 0.3) is 0 Å². The molecule has 2 rings (SSSR count). The Bertz CT molecular complexity index is 650. The van der Waals surface area contributed by atoms with Gasteiger partial charge in [0, 0.05) is 19.9 Å². The molecule has 1 heterocycles. The van der Waals surface area contributed by atoms with Crippen LogP contribution >= 0.6 is 23.8 Å². The molecule has 0 fully saturated rings. The van der Waals surface area contributed by atoms with Gasteiger partial charge in [0.05, 0.1) is 13.2 Å². The Morgan fingerprint density at radius 3 is 3.05 bits per heavy atom. The van der Waals surface area contributed by atoms with Gasteiger partial charge < -0.3 is 15.4 Å². The van der Waals surface area contributed by atoms with Crippen molar-refractivity contribution in [1.29, 1.82) is 0 Å². The normalized spacial score (nSPS) is 10.5. The van der Waals surface area contributed by atoms with Gasteiger partial charge in [-0.1, -0.05) is 23.7 Å². The van der Waals surface area contributed by atoms with Crippen molar-refractivity contribution in [1.82, 2.24) is 15.1 Å². The molecule has 0 atom stereocenters. The number of halogens is 2. The molecule has 0 unspecified atom stereocenters. The number of thiocarbonyl (C=S) groups is 1. The third-order valence-corrected chi connectivity index (χ3v) is 3.30. The van der Waals surface area contributed by atoms with Crippen LogP contribution in [-0.4, -0.2) is 35.2 Å². The summed E-state index contributed by atoms with van der Waals surface area (Å²) in [5.74, 6) is 0.172. The van der Waals surface area contributed by atoms with Crippen LogP contribution in [0.5, 0.6) is 0 Å². The zero-order chi connectivity index (χ0) is 15.9. The average Bonchev–Trinajstić information content (AvgIpc) is 2.79. The van der Waals surface area contributed by atoms with Crippen LogP contribution in [0.1, 0.15) is 5.56 Å². The lowest BCUT2D eigenvalue weighted by atomic mass is 10.2. The van der Waals surface area contributed by atoms with E-state index in [4.69, 9.17) is 28.6 Å². The standard InChI is InChI=1S/C14H16ClFN4OS/c1-21-6-5-17-14(22)18-13-12(15)9-20(19-13)8-10-3-2-4-11(16)7-10/h2-4,7,9H,5-6,8H2,1H3,(H2,17,18,19,22). The second-order valence-corrected chi connectivity index (χ2v) is 5.34. The van der Waals surface area contributed by atoms with Crippen molar-refractivity contribution in [3.63, 3.8) is 0 Å². The highest BCUT2D eigenvalue weighted by Crippen LogP contribution is 2.20. The van der Waals surface area contributed by atoms with Crippen molar-refractivity contribution in [2.75, 3.05) is 25.6 Å². The van der Waals surface area contributed by atoms with E-state index in [2.05, 4.69) is 15.7 Å². The fraction of sp³-hybridized carbons (Fsp3) is 0.286. The van der Waals surface area contributed by atoms with Crippen molar-refractivity contribution in [3.05, 3.63) is 46.9 Å². The van der Waals surface area contributed by atoms with E-state index in [0.717, 1.165) is 5.56 Å². The second kappa shape index (κ2) is 8.07. The molecular formula is C14H16ClFN4OS. The highest BCUT2D eigenvalue weighted by molar-refractivity contribution is 7.80. The van der Waals surface area contributed by atoms with E-state index in [0.29, 0.717) is 35.6 Å². The molecule has 1 aromatic heterocycles. The largest absolute Gasteiger partial charge is 0.383 e. The molecule has 0 aliphatic rings. The summed E-state index contributed by atoms with van der Waals surface area (Å²) in [5, 5.41) is 11.0. The predicted molar refractivity (Wildman–Crippen MR) is 88.8 cm³/mol. The molecule has 2 aromatic rings. The van der Waals surface area contributed by atoms with Crippen molar-refractivity contribution in [3.8, 4) is 0 Å². The number of hydrogen-bond donors (Lipinski definition) is 2. The van der Waals surface area contributed by atoms with E-state index in [-0.39, 0.29) is 5.82 Å². The molecule has 0 amide bonds. The van der Waals surface area contributed by atoms with Crippen LogP contribution in [-0.2, 0) is 11.3 Å². The number of ether oxygens (including phenoxy) is 1. The first-order chi connectivity index (χ1) is 10.6. The van der Waals surface area contributed by atoms with E-state index in [9.17, 15) is 4.39 Å². The van der Waals surface area contributed by atoms with E-state index >= 15 is 0 Å². The van der Waals surface area contributed by atoms with Gasteiger partial charge in [-0.25, -0.2) is 4.39 Å². The van der Waals surface area contributed by atoms with Gasteiger partial charge >= 0.3 is 0 Å². The van der Waals surface area contributed by atoms with Crippen LogP contribution in [0.2, 0.25) is 5.02 Å². The van der Waals surface area contributed by atoms with E-state index in [1.165, 1.54) is 12.1 Å². The summed E-state index contributed by atoms with van der Waals surface area (Å²) in [6, 6.07) is 6.34. The molecule has 118 valence electrons. The van der Waals surface area contributed by atoms with Crippen molar-refractivity contribution in [2.24, 2.45) is 0 Å². The zero-order valence-corrected chi connectivity index (χ0v) is 13.5. The van der Waals surface area contributed by atoms with Crippen LogP contribution in [0.4, 0.5) is 10.2 Å². The maximum atomic E-state index is 13.2. The lowest BCUT2D eigenvalue weighted by Crippen LogP contribution is -2.31. The maximum absolute atomic E-state index is 13.2. The Labute approximate surface area is 138 Å². The first-order valence-electron chi connectivity index (χ1n) is 6.59. The highest BCUT2D eigenvalue weighted by Gasteiger charge is 2.09. The Morgan fingerprint density at radius 2 is 2.32 bits per heavy atom. The first-order valence-corrected chi connectivity index (χ1v) is 7.38. The third-order valence-electron chi connectivity index (χ3n) is 2.77. The molecule has 2 N–H and O–H groups in total. The van der Waals surface area contributed by atoms with Crippen molar-refractivity contribution >= 4 is 34.7 Å². The quantitative estimate of drug-likeness (QED) is 0.624. The SMILES string of the molecule is COCCNC(=S)Nc1nn(Cc2cccc(F)c2)cc1Cl. The molecular weight excluding hydrogens is 327 g/mol. The van der Waals surface area contributed by atoms with Crippen LogP contribution in [0.3, 0.4) is 0 Å². The molecule has 22 heavy (non-hydrogen) atoms. The van der Waals surface area contributed by atoms with Gasteiger partial charge in [0.15, 0.2) is 10.9 Å². The van der Waals surface area contributed by atoms with Crippen LogP contribution in [0.15, 0.2) is 30.5 Å². The monoisotopic (exact) mass is 342 g/mol. The summed E-state index contributed by atoms with van der Waals surface area (Å²) in [4.78, 5) is 0. The Morgan fingerprint density at radius 1 is 1.50 bits per heavy atom. The zero-order valence-electron chi connectivity index (χ0n) is 12.0. The van der Waals surface area contributed by atoms with Gasteiger partial charge in [-0.2, -0.15) is 5.10 Å². The third kappa shape index (κ3) is 4.94. The number of methoxy groups -OCH3 is 1. The number of nitrogens with zero attached hydrogens (tertiary/aromatic N) is 2. The molecule has 0 bridgehead atoms. The van der Waals surface area contributed by atoms with Crippen molar-refractivity contribution < 1.29 is 9.13 Å². The maximum Gasteiger partial charge on any atom is 0.173 e. The average molecular weight is 343 g/mol. The summed E-state index contributed by atoms with van der Waals surface area (Å²) in [6.07, 6.45) is 1.66. The lowest BCUT2D eigenvalue weighted by Gasteiger charge is -2.08. The number of rotatable bonds is 6. The number of aromatic nitrogens is 2. The summed E-state index contributed by atoms with van der Waals surface area (Å²) >= 11 is 11.2. The first kappa shape index (κ1) is 16.7. The smallest absolute Gasteiger partial charge is 0.173 e. The minimum atomic E-state index is -0.280. The Balaban J connectivity index is 1.97. The number of anilines is 1. The number of hydrogen-bond acceptors (Lipinski definition) is 3. The summed E-state index contributed by atoms with van der Waals surface area (Å²) in [5.41, 5.74) is 0.798. The Kier molecular flexibility index (Phi) is 6.11. The van der Waals surface area contributed by atoms with Crippen LogP contribution in [0.25, 0.3) is 0 Å². The summed E-state index contributed by atoms with van der Waals surface area (Å²) in [7, 11) is 1.61. The lowest BCUT2D eigenvalue weighted by molar-refractivity contribution is 0.204. The fourth-order valence-corrected chi connectivity index (χ4v) is 2.20. The minimum Gasteiger partial charge on any atom is -0.383 e. The van der Waals surface area contributed by atoms with E-state index in [1.54, 1.807) is 24.1 Å². The molecule has 0 saturated heterocycles. The molecule has 5 nitrogen and oxygen atoms in total. The van der Waals surface area contributed by atoms with Crippen LogP contribution < -0.4 is 10.6 Å². The topological polar surface area (TPSA) is 51.1 Å².